The van der Waals surface area contributed by atoms with Crippen molar-refractivity contribution in [1.82, 2.24) is 5.32 Å². The third kappa shape index (κ3) is 2.51. The molecule has 1 N–H and O–H groups in total. The fourth-order valence-electron chi connectivity index (χ4n) is 1.72. The second-order valence-electron chi connectivity index (χ2n) is 3.97. The van der Waals surface area contributed by atoms with E-state index in [1.807, 2.05) is 24.3 Å². The van der Waals surface area contributed by atoms with Crippen LogP contribution in [0, 0.1) is 0 Å². The van der Waals surface area contributed by atoms with E-state index < -0.39 is 0 Å². The van der Waals surface area contributed by atoms with Crippen molar-refractivity contribution in [2.45, 2.75) is 0 Å². The van der Waals surface area contributed by atoms with Gasteiger partial charge < -0.3 is 9.73 Å². The van der Waals surface area contributed by atoms with Crippen LogP contribution in [0.25, 0.3) is 6.08 Å². The number of furan rings is 1. The Hall–Kier alpha value is -2.14. The molecule has 0 bridgehead atoms. The van der Waals surface area contributed by atoms with E-state index in [0.29, 0.717) is 17.3 Å². The molecule has 0 saturated heterocycles. The number of hydrogen-bond donors (Lipinski definition) is 1. The molecule has 1 aromatic carbocycles. The predicted octanol–water partition coefficient (Wildman–Crippen LogP) is 2.96. The molecule has 94 valence electrons. The smallest absolute Gasteiger partial charge is 0.275 e. The molecule has 0 atom stereocenters. The quantitative estimate of drug-likeness (QED) is 0.866. The Morgan fingerprint density at radius 2 is 2.00 bits per heavy atom. The molecule has 0 radical (unpaired) electrons. The van der Waals surface area contributed by atoms with Crippen molar-refractivity contribution in [3.63, 3.8) is 0 Å². The molecule has 0 saturated carbocycles. The predicted molar refractivity (Wildman–Crippen MR) is 75.5 cm³/mol. The first kappa shape index (κ1) is 11.9. The lowest BCUT2D eigenvalue weighted by Crippen LogP contribution is -2.24. The molecule has 1 amide bonds. The Balaban J connectivity index is 1.92. The largest absolute Gasteiger partial charge is 0.461 e. The third-order valence-electron chi connectivity index (χ3n) is 2.62. The molecule has 2 heterocycles. The summed E-state index contributed by atoms with van der Waals surface area (Å²) in [6, 6.07) is 11.1. The molecule has 0 unspecified atom stereocenters. The molecule has 4 nitrogen and oxygen atoms in total. The van der Waals surface area contributed by atoms with Crippen molar-refractivity contribution in [2.75, 3.05) is 0 Å². The third-order valence-corrected chi connectivity index (χ3v) is 3.15. The number of nitrogens with one attached hydrogen (secondary N) is 1. The molecule has 0 spiro atoms. The number of benzene rings is 1. The van der Waals surface area contributed by atoms with Crippen LogP contribution >= 0.6 is 15.9 Å². The molecule has 5 heteroatoms. The standard InChI is InChI=1S/C14H9BrN2O2/c15-10-5-3-9(4-6-10)8-11-14(18)17-13(16-11)12-2-1-7-19-12/h1-8H,(H,16,17,18)/b11-8+. The molecule has 3 rings (SSSR count). The molecule has 0 aliphatic carbocycles. The number of rotatable bonds is 2. The number of carbonyl (C=O) groups excluding carboxylic acids is 1. The van der Waals surface area contributed by atoms with Gasteiger partial charge in [0.15, 0.2) is 11.6 Å². The van der Waals surface area contributed by atoms with Gasteiger partial charge in [-0.1, -0.05) is 28.1 Å². The van der Waals surface area contributed by atoms with Gasteiger partial charge in [-0.05, 0) is 35.9 Å². The Morgan fingerprint density at radius 1 is 1.21 bits per heavy atom. The molecule has 1 aliphatic rings. The summed E-state index contributed by atoms with van der Waals surface area (Å²) < 4.78 is 6.19. The zero-order valence-corrected chi connectivity index (χ0v) is 11.3. The highest BCUT2D eigenvalue weighted by Gasteiger charge is 2.22. The summed E-state index contributed by atoms with van der Waals surface area (Å²) in [6.07, 6.45) is 3.28. The van der Waals surface area contributed by atoms with Crippen LogP contribution in [0.3, 0.4) is 0 Å². The average Bonchev–Trinajstić information content (AvgIpc) is 3.03. The molecule has 2 aromatic rings. The van der Waals surface area contributed by atoms with Gasteiger partial charge in [0.25, 0.3) is 5.91 Å². The van der Waals surface area contributed by atoms with E-state index in [-0.39, 0.29) is 5.91 Å². The molecule has 1 aliphatic heterocycles. The van der Waals surface area contributed by atoms with Crippen LogP contribution in [0.1, 0.15) is 11.3 Å². The SMILES string of the molecule is O=C1NC(c2ccco2)=N/C1=C/c1ccc(Br)cc1. The van der Waals surface area contributed by atoms with E-state index in [2.05, 4.69) is 26.2 Å². The second-order valence-corrected chi connectivity index (χ2v) is 4.89. The number of amides is 1. The summed E-state index contributed by atoms with van der Waals surface area (Å²) in [5.41, 5.74) is 1.28. The lowest BCUT2D eigenvalue weighted by atomic mass is 10.2. The van der Waals surface area contributed by atoms with Crippen molar-refractivity contribution in [1.29, 1.82) is 0 Å². The van der Waals surface area contributed by atoms with E-state index in [9.17, 15) is 4.79 Å². The number of hydrogen-bond acceptors (Lipinski definition) is 3. The van der Waals surface area contributed by atoms with Crippen LogP contribution in [-0.2, 0) is 4.79 Å². The van der Waals surface area contributed by atoms with E-state index in [4.69, 9.17) is 4.42 Å². The van der Waals surface area contributed by atoms with Gasteiger partial charge in [0.05, 0.1) is 6.26 Å². The number of aliphatic imine (C=N–C) groups is 1. The zero-order chi connectivity index (χ0) is 13.2. The summed E-state index contributed by atoms with van der Waals surface area (Å²) in [4.78, 5) is 16.0. The van der Waals surface area contributed by atoms with E-state index in [1.165, 1.54) is 0 Å². The van der Waals surface area contributed by atoms with E-state index >= 15 is 0 Å². The van der Waals surface area contributed by atoms with Crippen molar-refractivity contribution in [3.05, 3.63) is 64.2 Å². The Morgan fingerprint density at radius 3 is 2.68 bits per heavy atom. The van der Waals surface area contributed by atoms with Gasteiger partial charge in [0.1, 0.15) is 5.70 Å². The summed E-state index contributed by atoms with van der Waals surface area (Å²) in [7, 11) is 0. The van der Waals surface area contributed by atoms with Crippen molar-refractivity contribution >= 4 is 33.7 Å². The monoisotopic (exact) mass is 316 g/mol. The minimum atomic E-state index is -0.227. The van der Waals surface area contributed by atoms with Crippen LogP contribution in [0.2, 0.25) is 0 Å². The maximum atomic E-state index is 11.8. The maximum Gasteiger partial charge on any atom is 0.275 e. The van der Waals surface area contributed by atoms with E-state index in [0.717, 1.165) is 10.0 Å². The van der Waals surface area contributed by atoms with Gasteiger partial charge in [0.2, 0.25) is 0 Å². The van der Waals surface area contributed by atoms with Gasteiger partial charge in [0, 0.05) is 4.47 Å². The Labute approximate surface area is 118 Å². The first-order chi connectivity index (χ1) is 9.22. The van der Waals surface area contributed by atoms with Crippen molar-refractivity contribution in [2.24, 2.45) is 4.99 Å². The molecule has 19 heavy (non-hydrogen) atoms. The fourth-order valence-corrected chi connectivity index (χ4v) is 1.98. The first-order valence-electron chi connectivity index (χ1n) is 5.63. The highest BCUT2D eigenvalue weighted by molar-refractivity contribution is 9.10. The summed E-state index contributed by atoms with van der Waals surface area (Å²) >= 11 is 3.37. The lowest BCUT2D eigenvalue weighted by Gasteiger charge is -1.95. The van der Waals surface area contributed by atoms with Gasteiger partial charge in [-0.15, -0.1) is 0 Å². The first-order valence-corrected chi connectivity index (χ1v) is 6.43. The summed E-state index contributed by atoms with van der Waals surface area (Å²) in [6.45, 7) is 0. The van der Waals surface area contributed by atoms with Crippen molar-refractivity contribution in [3.8, 4) is 0 Å². The minimum Gasteiger partial charge on any atom is -0.461 e. The maximum absolute atomic E-state index is 11.8. The average molecular weight is 317 g/mol. The zero-order valence-electron chi connectivity index (χ0n) is 9.76. The fraction of sp³-hybridized carbons (Fsp3) is 0. The Kier molecular flexibility index (Phi) is 3.05. The van der Waals surface area contributed by atoms with Crippen molar-refractivity contribution < 1.29 is 9.21 Å². The lowest BCUT2D eigenvalue weighted by molar-refractivity contribution is -0.115. The van der Waals surface area contributed by atoms with Crippen LogP contribution in [-0.4, -0.2) is 11.7 Å². The number of nitrogens with zero attached hydrogens (tertiary/aromatic N) is 1. The van der Waals surface area contributed by atoms with Crippen LogP contribution < -0.4 is 5.32 Å². The van der Waals surface area contributed by atoms with Gasteiger partial charge in [-0.2, -0.15) is 0 Å². The molecular weight excluding hydrogens is 308 g/mol. The minimum absolute atomic E-state index is 0.227. The highest BCUT2D eigenvalue weighted by atomic mass is 79.9. The number of carbonyl (C=O) groups is 1. The summed E-state index contributed by atoms with van der Waals surface area (Å²) in [5.74, 6) is 0.764. The molecular formula is C14H9BrN2O2. The highest BCUT2D eigenvalue weighted by Crippen LogP contribution is 2.17. The van der Waals surface area contributed by atoms with E-state index in [1.54, 1.807) is 24.5 Å². The van der Waals surface area contributed by atoms with Crippen LogP contribution in [0.15, 0.2) is 62.2 Å². The summed E-state index contributed by atoms with van der Waals surface area (Å²) in [5, 5.41) is 2.68. The van der Waals surface area contributed by atoms with Crippen LogP contribution in [0.5, 0.6) is 0 Å². The number of halogens is 1. The number of amidine groups is 1. The molecule has 0 fully saturated rings. The second kappa shape index (κ2) is 4.85. The van der Waals surface area contributed by atoms with Crippen LogP contribution in [0.4, 0.5) is 0 Å². The van der Waals surface area contributed by atoms with Gasteiger partial charge in [-0.25, -0.2) is 4.99 Å². The Bertz CT molecular complexity index is 670. The normalized spacial score (nSPS) is 16.6. The van der Waals surface area contributed by atoms with Gasteiger partial charge in [-0.3, -0.25) is 4.79 Å². The molecule has 1 aromatic heterocycles. The topological polar surface area (TPSA) is 54.6 Å². The van der Waals surface area contributed by atoms with Gasteiger partial charge >= 0.3 is 0 Å².